The number of thiophene rings is 1. The Kier molecular flexibility index (Phi) is 5.16. The van der Waals surface area contributed by atoms with E-state index in [1.165, 1.54) is 4.90 Å². The highest BCUT2D eigenvalue weighted by atomic mass is 32.1. The number of benzene rings is 2. The van der Waals surface area contributed by atoms with Gasteiger partial charge in [0.15, 0.2) is 0 Å². The Morgan fingerprint density at radius 1 is 0.968 bits per heavy atom. The lowest BCUT2D eigenvalue weighted by Gasteiger charge is -2.35. The molecule has 2 aliphatic rings. The number of carbonyl (C=O) groups excluding carboxylic acids is 3. The molecule has 2 aromatic carbocycles. The van der Waals surface area contributed by atoms with Gasteiger partial charge in [0.1, 0.15) is 0 Å². The van der Waals surface area contributed by atoms with Crippen LogP contribution in [-0.2, 0) is 4.79 Å². The van der Waals surface area contributed by atoms with Gasteiger partial charge in [-0.05, 0) is 53.8 Å². The predicted octanol–water partition coefficient (Wildman–Crippen LogP) is 4.45. The number of amides is 3. The number of hydrogen-bond acceptors (Lipinski definition) is 4. The highest BCUT2D eigenvalue weighted by Gasteiger charge is 2.35. The molecular formula is C25H22N2O3S. The van der Waals surface area contributed by atoms with Crippen LogP contribution in [0.1, 0.15) is 38.4 Å². The van der Waals surface area contributed by atoms with Gasteiger partial charge in [0.25, 0.3) is 11.8 Å². The monoisotopic (exact) mass is 430 g/mol. The molecule has 0 aliphatic carbocycles. The van der Waals surface area contributed by atoms with Crippen molar-refractivity contribution in [2.45, 2.75) is 12.8 Å². The van der Waals surface area contributed by atoms with Crippen LogP contribution in [0.2, 0.25) is 0 Å². The molecule has 31 heavy (non-hydrogen) atoms. The van der Waals surface area contributed by atoms with E-state index in [-0.39, 0.29) is 23.6 Å². The molecule has 0 unspecified atom stereocenters. The predicted molar refractivity (Wildman–Crippen MR) is 122 cm³/mol. The van der Waals surface area contributed by atoms with Gasteiger partial charge in [-0.3, -0.25) is 19.3 Å². The lowest BCUT2D eigenvalue weighted by atomic mass is 9.91. The summed E-state index contributed by atoms with van der Waals surface area (Å²) in [6, 6.07) is 15.1. The van der Waals surface area contributed by atoms with Crippen molar-refractivity contribution < 1.29 is 14.4 Å². The van der Waals surface area contributed by atoms with E-state index in [0.717, 1.165) is 28.5 Å². The van der Waals surface area contributed by atoms with E-state index in [9.17, 15) is 14.4 Å². The van der Waals surface area contributed by atoms with Crippen LogP contribution in [0.5, 0.6) is 0 Å². The minimum Gasteiger partial charge on any atom is -0.339 e. The molecule has 0 N–H and O–H groups in total. The number of carbonyl (C=O) groups is 3. The summed E-state index contributed by atoms with van der Waals surface area (Å²) in [4.78, 5) is 42.9. The summed E-state index contributed by atoms with van der Waals surface area (Å²) in [5.41, 5.74) is 1.19. The minimum atomic E-state index is -0.216. The molecule has 3 amide bonds. The van der Waals surface area contributed by atoms with Crippen LogP contribution < -0.4 is 0 Å². The molecule has 0 saturated carbocycles. The number of piperidine rings is 1. The van der Waals surface area contributed by atoms with E-state index in [1.54, 1.807) is 29.5 Å². The molecule has 156 valence electrons. The van der Waals surface area contributed by atoms with Crippen molar-refractivity contribution in [3.05, 3.63) is 76.0 Å². The van der Waals surface area contributed by atoms with Crippen molar-refractivity contribution in [3.63, 3.8) is 0 Å². The summed E-state index contributed by atoms with van der Waals surface area (Å²) in [5, 5.41) is 3.66. The van der Waals surface area contributed by atoms with Crippen LogP contribution in [0.4, 0.5) is 0 Å². The van der Waals surface area contributed by atoms with Gasteiger partial charge >= 0.3 is 0 Å². The van der Waals surface area contributed by atoms with E-state index >= 15 is 0 Å². The number of nitrogens with zero attached hydrogens (tertiary/aromatic N) is 2. The molecule has 0 spiro atoms. The molecule has 3 heterocycles. The van der Waals surface area contributed by atoms with E-state index in [2.05, 4.69) is 0 Å². The van der Waals surface area contributed by atoms with Crippen molar-refractivity contribution in [1.29, 1.82) is 0 Å². The average Bonchev–Trinajstić information content (AvgIpc) is 3.33. The van der Waals surface area contributed by atoms with E-state index < -0.39 is 0 Å². The molecule has 5 nitrogen and oxygen atoms in total. The summed E-state index contributed by atoms with van der Waals surface area (Å²) < 4.78 is 0. The Hall–Kier alpha value is -3.25. The SMILES string of the molecule is O=C(C=Cc1cccs1)N1CCC(CN2C(=O)c3cccc4cccc(c34)C2=O)CC1. The van der Waals surface area contributed by atoms with Crippen LogP contribution in [0.15, 0.2) is 60.0 Å². The van der Waals surface area contributed by atoms with Crippen molar-refractivity contribution in [2.75, 3.05) is 19.6 Å². The summed E-state index contributed by atoms with van der Waals surface area (Å²) >= 11 is 1.60. The van der Waals surface area contributed by atoms with Gasteiger partial charge in [0.05, 0.1) is 0 Å². The molecule has 5 rings (SSSR count). The molecular weight excluding hydrogens is 408 g/mol. The zero-order valence-electron chi connectivity index (χ0n) is 17.0. The molecule has 0 atom stereocenters. The van der Waals surface area contributed by atoms with E-state index in [0.29, 0.717) is 30.8 Å². The normalized spacial score (nSPS) is 17.2. The second-order valence-corrected chi connectivity index (χ2v) is 9.03. The Morgan fingerprint density at radius 2 is 1.65 bits per heavy atom. The number of likely N-dealkylation sites (tertiary alicyclic amines) is 1. The summed E-state index contributed by atoms with van der Waals surface area (Å²) in [6.07, 6.45) is 5.03. The highest BCUT2D eigenvalue weighted by Crippen LogP contribution is 2.31. The van der Waals surface area contributed by atoms with Gasteiger partial charge < -0.3 is 4.90 Å². The lowest BCUT2D eigenvalue weighted by molar-refractivity contribution is -0.127. The number of rotatable bonds is 4. The van der Waals surface area contributed by atoms with Gasteiger partial charge in [0.2, 0.25) is 5.91 Å². The van der Waals surface area contributed by atoms with Crippen LogP contribution in [-0.4, -0.2) is 47.2 Å². The van der Waals surface area contributed by atoms with E-state index in [1.807, 2.05) is 52.8 Å². The topological polar surface area (TPSA) is 57.7 Å². The molecule has 1 aromatic heterocycles. The second-order valence-electron chi connectivity index (χ2n) is 8.05. The quantitative estimate of drug-likeness (QED) is 0.454. The van der Waals surface area contributed by atoms with Gasteiger partial charge in [-0.2, -0.15) is 0 Å². The summed E-state index contributed by atoms with van der Waals surface area (Å²) in [5.74, 6) is -0.223. The Bertz CT molecular complexity index is 1140. The molecule has 2 aliphatic heterocycles. The first-order valence-corrected chi connectivity index (χ1v) is 11.4. The first kappa shape index (κ1) is 19.7. The highest BCUT2D eigenvalue weighted by molar-refractivity contribution is 7.10. The minimum absolute atomic E-state index is 0.0116. The molecule has 6 heteroatoms. The average molecular weight is 431 g/mol. The van der Waals surface area contributed by atoms with Gasteiger partial charge in [0, 0.05) is 47.1 Å². The van der Waals surface area contributed by atoms with Crippen LogP contribution >= 0.6 is 11.3 Å². The van der Waals surface area contributed by atoms with Crippen molar-refractivity contribution >= 4 is 45.9 Å². The van der Waals surface area contributed by atoms with Gasteiger partial charge in [-0.15, -0.1) is 11.3 Å². The maximum absolute atomic E-state index is 13.1. The fourth-order valence-corrected chi connectivity index (χ4v) is 5.10. The third-order valence-electron chi connectivity index (χ3n) is 6.16. The summed E-state index contributed by atoms with van der Waals surface area (Å²) in [6.45, 7) is 1.68. The number of imide groups is 1. The van der Waals surface area contributed by atoms with Gasteiger partial charge in [-0.1, -0.05) is 30.3 Å². The fourth-order valence-electron chi connectivity index (χ4n) is 4.49. The maximum Gasteiger partial charge on any atom is 0.261 e. The Labute approximate surface area is 184 Å². The molecule has 1 fully saturated rings. The molecule has 0 bridgehead atoms. The fraction of sp³-hybridized carbons (Fsp3) is 0.240. The van der Waals surface area contributed by atoms with E-state index in [4.69, 9.17) is 0 Å². The maximum atomic E-state index is 13.1. The standard InChI is InChI=1S/C25H22N2O3S/c28-22(10-9-19-6-3-15-31-19)26-13-11-17(12-14-26)16-27-24(29)20-7-1-4-18-5-2-8-21(23(18)20)25(27)30/h1-10,15,17H,11-14,16H2. The van der Waals surface area contributed by atoms with Crippen LogP contribution in [0.3, 0.4) is 0 Å². The smallest absolute Gasteiger partial charge is 0.261 e. The van der Waals surface area contributed by atoms with Crippen molar-refractivity contribution in [1.82, 2.24) is 9.80 Å². The number of hydrogen-bond donors (Lipinski definition) is 0. The molecule has 0 radical (unpaired) electrons. The lowest BCUT2D eigenvalue weighted by Crippen LogP contribution is -2.46. The first-order chi connectivity index (χ1) is 15.1. The van der Waals surface area contributed by atoms with Crippen molar-refractivity contribution in [3.8, 4) is 0 Å². The Balaban J connectivity index is 1.25. The largest absolute Gasteiger partial charge is 0.339 e. The molecule has 3 aromatic rings. The molecule has 1 saturated heterocycles. The Morgan fingerprint density at radius 3 is 2.26 bits per heavy atom. The zero-order valence-corrected chi connectivity index (χ0v) is 17.8. The van der Waals surface area contributed by atoms with Gasteiger partial charge in [-0.25, -0.2) is 0 Å². The summed E-state index contributed by atoms with van der Waals surface area (Å²) in [7, 11) is 0. The zero-order chi connectivity index (χ0) is 21.4. The third-order valence-corrected chi connectivity index (χ3v) is 6.99. The van der Waals surface area contributed by atoms with Crippen LogP contribution in [0, 0.1) is 5.92 Å². The second kappa shape index (κ2) is 8.12. The third kappa shape index (κ3) is 3.68. The first-order valence-electron chi connectivity index (χ1n) is 10.5. The van der Waals surface area contributed by atoms with Crippen molar-refractivity contribution in [2.24, 2.45) is 5.92 Å². The van der Waals surface area contributed by atoms with Crippen LogP contribution in [0.25, 0.3) is 16.8 Å².